The van der Waals surface area contributed by atoms with Crippen molar-refractivity contribution in [2.24, 2.45) is 0 Å². The molecule has 0 radical (unpaired) electrons. The van der Waals surface area contributed by atoms with Crippen LogP contribution in [0.15, 0.2) is 24.5 Å². The zero-order chi connectivity index (χ0) is 13.5. The second-order valence-electron chi connectivity index (χ2n) is 5.00. The first kappa shape index (κ1) is 12.9. The van der Waals surface area contributed by atoms with Crippen molar-refractivity contribution in [3.05, 3.63) is 35.4 Å². The molecule has 1 unspecified atom stereocenters. The average Bonchev–Trinajstić information content (AvgIpc) is 2.74. The third kappa shape index (κ3) is 2.49. The Balaban J connectivity index is 1.93. The summed E-state index contributed by atoms with van der Waals surface area (Å²) in [5, 5.41) is 0.367. The van der Waals surface area contributed by atoms with Crippen LogP contribution in [0.25, 0.3) is 5.52 Å². The van der Waals surface area contributed by atoms with Crippen LogP contribution in [0.4, 0.5) is 0 Å². The Bertz CT molecular complexity index is 709. The van der Waals surface area contributed by atoms with Gasteiger partial charge in [0.1, 0.15) is 5.82 Å². The Morgan fingerprint density at radius 1 is 1.42 bits per heavy atom. The first-order valence-corrected chi connectivity index (χ1v) is 8.49. The first-order valence-electron chi connectivity index (χ1n) is 6.39. The predicted octanol–water partition coefficient (Wildman–Crippen LogP) is 2.50. The van der Waals surface area contributed by atoms with Crippen molar-refractivity contribution < 1.29 is 8.42 Å². The lowest BCUT2D eigenvalue weighted by Crippen LogP contribution is -2.30. The lowest BCUT2D eigenvalue weighted by molar-refractivity contribution is 0.534. The molecular formula is C13H15ClN2O2S. The van der Waals surface area contributed by atoms with E-state index in [0.29, 0.717) is 17.2 Å². The summed E-state index contributed by atoms with van der Waals surface area (Å²) < 4.78 is 26.0. The number of rotatable bonds is 2. The van der Waals surface area contributed by atoms with Gasteiger partial charge < -0.3 is 4.40 Å². The van der Waals surface area contributed by atoms with Gasteiger partial charge in [-0.1, -0.05) is 18.0 Å². The number of hydrogen-bond donors (Lipinski definition) is 0. The van der Waals surface area contributed by atoms with Crippen LogP contribution in [0.2, 0.25) is 5.02 Å². The van der Waals surface area contributed by atoms with E-state index in [-0.39, 0.29) is 5.25 Å². The van der Waals surface area contributed by atoms with Crippen LogP contribution < -0.4 is 0 Å². The van der Waals surface area contributed by atoms with Gasteiger partial charge in [0.05, 0.1) is 22.7 Å². The number of pyridine rings is 1. The molecule has 102 valence electrons. The molecule has 0 amide bonds. The van der Waals surface area contributed by atoms with Gasteiger partial charge in [-0.25, -0.2) is 13.4 Å². The van der Waals surface area contributed by atoms with Crippen LogP contribution in [0, 0.1) is 0 Å². The van der Waals surface area contributed by atoms with E-state index in [9.17, 15) is 8.42 Å². The number of halogens is 1. The smallest absolute Gasteiger partial charge is 0.153 e. The van der Waals surface area contributed by atoms with E-state index in [1.165, 1.54) is 0 Å². The molecule has 6 heteroatoms. The van der Waals surface area contributed by atoms with Crippen molar-refractivity contribution in [1.29, 1.82) is 0 Å². The van der Waals surface area contributed by atoms with E-state index in [0.717, 1.165) is 30.6 Å². The maximum atomic E-state index is 12.0. The first-order chi connectivity index (χ1) is 9.06. The maximum absolute atomic E-state index is 12.0. The summed E-state index contributed by atoms with van der Waals surface area (Å²) in [6.45, 7) is 0. The summed E-state index contributed by atoms with van der Waals surface area (Å²) in [7, 11) is -2.96. The van der Waals surface area contributed by atoms with Crippen molar-refractivity contribution in [2.75, 3.05) is 5.75 Å². The number of sulfone groups is 1. The molecule has 0 aliphatic carbocycles. The highest BCUT2D eigenvalue weighted by molar-refractivity contribution is 7.92. The number of nitrogens with zero attached hydrogens (tertiary/aromatic N) is 2. The van der Waals surface area contributed by atoms with Crippen LogP contribution in [-0.2, 0) is 16.3 Å². The predicted molar refractivity (Wildman–Crippen MR) is 75.3 cm³/mol. The van der Waals surface area contributed by atoms with Crippen LogP contribution >= 0.6 is 11.6 Å². The molecule has 0 N–H and O–H groups in total. The van der Waals surface area contributed by atoms with E-state index < -0.39 is 9.84 Å². The highest BCUT2D eigenvalue weighted by Gasteiger charge is 2.29. The Hall–Kier alpha value is -1.07. The summed E-state index contributed by atoms with van der Waals surface area (Å²) in [6.07, 6.45) is 6.57. The van der Waals surface area contributed by atoms with Gasteiger partial charge in [0.25, 0.3) is 0 Å². The van der Waals surface area contributed by atoms with E-state index in [1.54, 1.807) is 12.3 Å². The summed E-state index contributed by atoms with van der Waals surface area (Å²) in [5.74, 6) is 1.11. The zero-order valence-electron chi connectivity index (χ0n) is 10.4. The topological polar surface area (TPSA) is 51.4 Å². The highest BCUT2D eigenvalue weighted by atomic mass is 35.5. The van der Waals surface area contributed by atoms with Crippen LogP contribution in [0.5, 0.6) is 0 Å². The molecule has 0 bridgehead atoms. The largest absolute Gasteiger partial charge is 0.304 e. The summed E-state index contributed by atoms with van der Waals surface area (Å²) in [4.78, 5) is 4.34. The molecule has 3 heterocycles. The fourth-order valence-electron chi connectivity index (χ4n) is 2.63. The van der Waals surface area contributed by atoms with Crippen molar-refractivity contribution in [1.82, 2.24) is 9.38 Å². The molecule has 0 saturated carbocycles. The van der Waals surface area contributed by atoms with Gasteiger partial charge in [-0.2, -0.15) is 0 Å². The monoisotopic (exact) mass is 298 g/mol. The third-order valence-electron chi connectivity index (χ3n) is 3.69. The molecule has 1 aliphatic heterocycles. The normalized spacial score (nSPS) is 22.7. The Labute approximate surface area is 117 Å². The highest BCUT2D eigenvalue weighted by Crippen LogP contribution is 2.23. The third-order valence-corrected chi connectivity index (χ3v) is 6.20. The second kappa shape index (κ2) is 4.80. The Morgan fingerprint density at radius 3 is 3.05 bits per heavy atom. The van der Waals surface area contributed by atoms with E-state index in [4.69, 9.17) is 11.6 Å². The van der Waals surface area contributed by atoms with E-state index in [2.05, 4.69) is 4.98 Å². The molecule has 3 rings (SSSR count). The molecule has 2 aromatic heterocycles. The minimum absolute atomic E-state index is 0.289. The zero-order valence-corrected chi connectivity index (χ0v) is 12.0. The fraction of sp³-hybridized carbons (Fsp3) is 0.462. The number of hydrogen-bond acceptors (Lipinski definition) is 3. The molecule has 1 fully saturated rings. The van der Waals surface area contributed by atoms with Gasteiger partial charge in [0.15, 0.2) is 9.84 Å². The summed E-state index contributed by atoms with van der Waals surface area (Å²) >= 11 is 5.93. The van der Waals surface area contributed by atoms with Crippen molar-refractivity contribution >= 4 is 27.0 Å². The fourth-order valence-corrected chi connectivity index (χ4v) is 4.67. The molecule has 0 spiro atoms. The van der Waals surface area contributed by atoms with Crippen molar-refractivity contribution in [3.63, 3.8) is 0 Å². The van der Waals surface area contributed by atoms with Gasteiger partial charge >= 0.3 is 0 Å². The Morgan fingerprint density at radius 2 is 2.26 bits per heavy atom. The molecule has 1 saturated heterocycles. The van der Waals surface area contributed by atoms with Gasteiger partial charge in [-0.15, -0.1) is 0 Å². The van der Waals surface area contributed by atoms with Crippen LogP contribution in [-0.4, -0.2) is 28.8 Å². The number of fused-ring (bicyclic) bond motifs is 1. The molecule has 0 aromatic carbocycles. The molecule has 19 heavy (non-hydrogen) atoms. The van der Waals surface area contributed by atoms with Gasteiger partial charge in [0.2, 0.25) is 0 Å². The van der Waals surface area contributed by atoms with Gasteiger partial charge in [-0.3, -0.25) is 0 Å². The minimum Gasteiger partial charge on any atom is -0.304 e. The molecule has 4 nitrogen and oxygen atoms in total. The van der Waals surface area contributed by atoms with Crippen molar-refractivity contribution in [3.8, 4) is 0 Å². The lowest BCUT2D eigenvalue weighted by Gasteiger charge is -2.21. The maximum Gasteiger partial charge on any atom is 0.153 e. The second-order valence-corrected chi connectivity index (χ2v) is 7.84. The quantitative estimate of drug-likeness (QED) is 0.856. The number of imidazole rings is 1. The molecular weight excluding hydrogens is 284 g/mol. The average molecular weight is 299 g/mol. The van der Waals surface area contributed by atoms with Crippen LogP contribution in [0.3, 0.4) is 0 Å². The number of aromatic nitrogens is 2. The standard InChI is InChI=1S/C13H15ClN2O2S/c14-10-4-5-16-11(7-10)9-15-13(16)8-12-3-1-2-6-19(12,17)18/h4-5,7,9,12H,1-3,6,8H2. The van der Waals surface area contributed by atoms with Crippen molar-refractivity contribution in [2.45, 2.75) is 30.9 Å². The van der Waals surface area contributed by atoms with Gasteiger partial charge in [-0.05, 0) is 25.0 Å². The molecule has 2 aromatic rings. The van der Waals surface area contributed by atoms with E-state index >= 15 is 0 Å². The Kier molecular flexibility index (Phi) is 3.27. The molecule has 1 aliphatic rings. The summed E-state index contributed by atoms with van der Waals surface area (Å²) in [6, 6.07) is 3.61. The minimum atomic E-state index is -2.96. The SMILES string of the molecule is O=S1(=O)CCCCC1Cc1ncc2cc(Cl)ccn12. The van der Waals surface area contributed by atoms with Gasteiger partial charge in [0, 0.05) is 17.6 Å². The molecule has 1 atom stereocenters. The van der Waals surface area contributed by atoms with E-state index in [1.807, 2.05) is 16.7 Å². The summed E-state index contributed by atoms with van der Waals surface area (Å²) in [5.41, 5.74) is 0.899. The lowest BCUT2D eigenvalue weighted by atomic mass is 10.1. The van der Waals surface area contributed by atoms with Crippen LogP contribution in [0.1, 0.15) is 25.1 Å².